The molecular weight excluding hydrogens is 1120 g/mol. The number of allylic oxidation sites excluding steroid dienone is 8. The average molecular weight is 1190 g/mol. The number of fused-ring (bicyclic) bond motifs is 6. The van der Waals surface area contributed by atoms with Crippen molar-refractivity contribution < 1.29 is 73.3 Å². The summed E-state index contributed by atoms with van der Waals surface area (Å²) in [6, 6.07) is 75.7. The van der Waals surface area contributed by atoms with Gasteiger partial charge >= 0.3 is 198 Å². The Balaban J connectivity index is 0.000000175. The van der Waals surface area contributed by atoms with E-state index < -0.39 is 0 Å². The fourth-order valence-electron chi connectivity index (χ4n) is 9.02. The zero-order valence-corrected chi connectivity index (χ0v) is 50.7. The van der Waals surface area contributed by atoms with Crippen LogP contribution in [0.3, 0.4) is 0 Å². The normalized spacial score (nSPS) is 11.7. The summed E-state index contributed by atoms with van der Waals surface area (Å²) in [5.41, 5.74) is 18.8. The molecule has 0 spiro atoms. The first-order chi connectivity index (χ1) is 36.4. The number of rotatable bonds is 10. The number of benzene rings is 8. The van der Waals surface area contributed by atoms with Gasteiger partial charge in [0.15, 0.2) is 0 Å². The number of anilines is 2. The molecule has 0 aliphatic heterocycles. The van der Waals surface area contributed by atoms with E-state index in [4.69, 9.17) is 0 Å². The van der Waals surface area contributed by atoms with Crippen LogP contribution in [0.15, 0.2) is 231 Å². The summed E-state index contributed by atoms with van der Waals surface area (Å²) in [5.74, 6) is 0. The van der Waals surface area contributed by atoms with Crippen molar-refractivity contribution in [1.29, 1.82) is 0 Å². The molecule has 0 unspecified atom stereocenters. The van der Waals surface area contributed by atoms with E-state index in [-0.39, 0.29) is 24.8 Å². The monoisotopic (exact) mass is 1180 g/mol. The van der Waals surface area contributed by atoms with Crippen molar-refractivity contribution in [1.82, 2.24) is 0 Å². The zero-order valence-electron chi connectivity index (χ0n) is 44.2. The van der Waals surface area contributed by atoms with E-state index in [0.717, 1.165) is 51.9 Å². The zero-order chi connectivity index (χ0) is 51.7. The van der Waals surface area contributed by atoms with Crippen LogP contribution in [0.1, 0.15) is 85.0 Å². The minimum atomic E-state index is 0. The van der Waals surface area contributed by atoms with E-state index in [1.54, 1.807) is 0 Å². The molecule has 4 aliphatic rings. The molecule has 76 heavy (non-hydrogen) atoms. The molecule has 0 saturated heterocycles. The summed E-state index contributed by atoms with van der Waals surface area (Å²) in [6.45, 7) is 12.9. The van der Waals surface area contributed by atoms with Gasteiger partial charge < -0.3 is 34.6 Å². The van der Waals surface area contributed by atoms with Crippen molar-refractivity contribution in [2.45, 2.75) is 53.4 Å². The van der Waals surface area contributed by atoms with Gasteiger partial charge in [-0.15, -0.1) is 47.2 Å². The van der Waals surface area contributed by atoms with Gasteiger partial charge in [0.25, 0.3) is 0 Å². The predicted molar refractivity (Wildman–Crippen MR) is 309 cm³/mol. The number of nitrogens with zero attached hydrogens (tertiary/aromatic N) is 2. The van der Waals surface area contributed by atoms with Gasteiger partial charge in [0, 0.05) is 26.2 Å². The number of hydrogen-bond acceptors (Lipinski definition) is 2. The fourth-order valence-corrected chi connectivity index (χ4v) is 10.7. The third kappa shape index (κ3) is 17.7. The Labute approximate surface area is 497 Å². The van der Waals surface area contributed by atoms with Crippen molar-refractivity contribution in [3.63, 3.8) is 0 Å². The summed E-state index contributed by atoms with van der Waals surface area (Å²) in [7, 11) is 0. The second kappa shape index (κ2) is 33.5. The van der Waals surface area contributed by atoms with Crippen LogP contribution < -0.4 is 34.6 Å². The molecule has 0 radical (unpaired) electrons. The van der Waals surface area contributed by atoms with Crippen molar-refractivity contribution in [3.8, 4) is 22.3 Å². The van der Waals surface area contributed by atoms with Crippen molar-refractivity contribution in [2.24, 2.45) is 0 Å². The molecule has 4 aliphatic carbocycles. The predicted octanol–water partition coefficient (Wildman–Crippen LogP) is 10.0. The molecule has 0 heterocycles. The van der Waals surface area contributed by atoms with Crippen LogP contribution in [0.2, 0.25) is 0 Å². The van der Waals surface area contributed by atoms with Gasteiger partial charge in [-0.25, -0.2) is 24.3 Å². The molecule has 8 aromatic rings. The van der Waals surface area contributed by atoms with Crippen LogP contribution in [-0.2, 0) is 61.3 Å². The SMILES string of the molecule is CCN(CC)c1[c-]c2c(cc1)-c1ccccc1C2.CCN(CC)c1[c-]c2c(cc1)-c1ccccc1C2.[C-]1=CC=CC1.[C-]1=CC=CC1.[Cl-].[Cl-].[Zr+2]=[C](c1ccccc1)c1ccccc1.[Zr+2]=[C](c1ccccc1)c1ccccc1. The second-order valence-electron chi connectivity index (χ2n) is 17.7. The molecule has 2 nitrogen and oxygen atoms in total. The van der Waals surface area contributed by atoms with Crippen LogP contribution in [0.25, 0.3) is 22.3 Å². The Hall–Kier alpha value is -5.59. The first-order valence-corrected chi connectivity index (χ1v) is 28.5. The van der Waals surface area contributed by atoms with E-state index in [1.807, 2.05) is 24.3 Å². The second-order valence-corrected chi connectivity index (χ2v) is 20.2. The Bertz CT molecular complexity index is 2820. The van der Waals surface area contributed by atoms with Crippen LogP contribution >= 0.6 is 0 Å². The minimum absolute atomic E-state index is 0. The molecule has 12 rings (SSSR count). The molecule has 0 bridgehead atoms. The van der Waals surface area contributed by atoms with Gasteiger partial charge in [0.1, 0.15) is 0 Å². The van der Waals surface area contributed by atoms with Gasteiger partial charge in [0.2, 0.25) is 0 Å². The molecule has 0 N–H and O–H groups in total. The average Bonchev–Trinajstić information content (AvgIpc) is 4.35. The van der Waals surface area contributed by atoms with Gasteiger partial charge in [-0.1, -0.05) is 82.2 Å². The molecule has 0 fully saturated rings. The summed E-state index contributed by atoms with van der Waals surface area (Å²) < 4.78 is 2.83. The molecule has 8 aromatic carbocycles. The van der Waals surface area contributed by atoms with Gasteiger partial charge in [0.05, 0.1) is 0 Å². The maximum absolute atomic E-state index is 3.60. The molecule has 6 heteroatoms. The van der Waals surface area contributed by atoms with E-state index in [9.17, 15) is 0 Å². The number of hydrogen-bond donors (Lipinski definition) is 0. The van der Waals surface area contributed by atoms with E-state index >= 15 is 0 Å². The number of halogens is 2. The first-order valence-electron chi connectivity index (χ1n) is 26.0. The third-order valence-corrected chi connectivity index (χ3v) is 15.8. The summed E-state index contributed by atoms with van der Waals surface area (Å²) in [5, 5.41) is 0. The topological polar surface area (TPSA) is 6.48 Å². The summed E-state index contributed by atoms with van der Waals surface area (Å²) in [6.07, 6.45) is 22.1. The van der Waals surface area contributed by atoms with Crippen LogP contribution in [0.4, 0.5) is 11.4 Å². The van der Waals surface area contributed by atoms with E-state index in [1.165, 1.54) is 133 Å². The van der Waals surface area contributed by atoms with E-state index in [0.29, 0.717) is 0 Å². The summed E-state index contributed by atoms with van der Waals surface area (Å²) in [4.78, 5) is 4.70. The molecule has 0 saturated carbocycles. The Morgan fingerprint density at radius 1 is 0.382 bits per heavy atom. The maximum atomic E-state index is 3.60. The molecule has 380 valence electrons. The van der Waals surface area contributed by atoms with Crippen LogP contribution in [-0.4, -0.2) is 32.6 Å². The van der Waals surface area contributed by atoms with Crippen molar-refractivity contribution in [2.75, 3.05) is 36.0 Å². The first kappa shape index (κ1) is 61.3. The summed E-state index contributed by atoms with van der Waals surface area (Å²) >= 11 is 2.92. The Morgan fingerprint density at radius 3 is 0.947 bits per heavy atom. The molecular formula is C70H66Cl2N2Zr2-2. The molecule has 0 aromatic heterocycles. The quantitative estimate of drug-likeness (QED) is 0.126. The van der Waals surface area contributed by atoms with E-state index in [2.05, 4.69) is 268 Å². The van der Waals surface area contributed by atoms with Gasteiger partial charge in [-0.3, -0.25) is 12.2 Å². The standard InChI is InChI=1S/2C17H18N.2C13H10.2C5H5.2ClH.2Zr/c2*1-3-18(4-2)15-9-10-17-14(12-15)11-13-7-5-6-8-16(13)17;2*1-3-7-12(8-4-1)11-13-9-5-2-6-10-13;2*1-2-4-5-3-1;;;;/h2*5-10H,3-4,11H2,1-2H3;2*1-10H;2*1-3H,4H2;2*1H;;/q2*-1;;;2*-1;;;2*+2/p-2. The van der Waals surface area contributed by atoms with Crippen LogP contribution in [0.5, 0.6) is 0 Å². The fraction of sp³-hybridized carbons (Fsp3) is 0.171. The molecule has 0 amide bonds. The van der Waals surface area contributed by atoms with Crippen molar-refractivity contribution >= 4 is 17.8 Å². The Morgan fingerprint density at radius 2 is 0.684 bits per heavy atom. The molecule has 0 atom stereocenters. The van der Waals surface area contributed by atoms with Gasteiger partial charge in [-0.05, 0) is 40.5 Å². The third-order valence-electron chi connectivity index (χ3n) is 13.0. The Kier molecular flexibility index (Phi) is 27.0. The van der Waals surface area contributed by atoms with Crippen molar-refractivity contribution in [3.05, 3.63) is 299 Å². The van der Waals surface area contributed by atoms with Gasteiger partial charge in [-0.2, -0.15) is 36.4 Å². The van der Waals surface area contributed by atoms with Crippen LogP contribution in [0, 0.1) is 24.3 Å².